The predicted molar refractivity (Wildman–Crippen MR) is 63.0 cm³/mol. The van der Waals surface area contributed by atoms with E-state index in [-0.39, 0.29) is 17.8 Å². The summed E-state index contributed by atoms with van der Waals surface area (Å²) in [6.45, 7) is 0. The number of nitrogens with zero attached hydrogens (tertiary/aromatic N) is 1. The summed E-state index contributed by atoms with van der Waals surface area (Å²) < 4.78 is 4.76. The molecule has 1 aromatic carbocycles. The monoisotopic (exact) mass is 227 g/mol. The molecule has 1 aromatic rings. The van der Waals surface area contributed by atoms with Crippen LogP contribution in [0.1, 0.15) is 17.9 Å². The van der Waals surface area contributed by atoms with Crippen molar-refractivity contribution in [3.8, 4) is 6.07 Å². The second kappa shape index (κ2) is 4.84. The minimum Gasteiger partial charge on any atom is -0.466 e. The number of allylic oxidation sites excluding steroid dienone is 1. The van der Waals surface area contributed by atoms with Crippen molar-refractivity contribution in [2.45, 2.75) is 12.3 Å². The molecular weight excluding hydrogens is 214 g/mol. The number of hydrogen-bond acceptors (Lipinski definition) is 3. The SMILES string of the molecule is COC(=O)C1=CC[C@@H](C#N)[C@@H]1c1ccccc1. The number of carbonyl (C=O) groups excluding carboxylic acids is 1. The Bertz CT molecular complexity index is 485. The first-order valence-corrected chi connectivity index (χ1v) is 5.51. The number of esters is 1. The van der Waals surface area contributed by atoms with Gasteiger partial charge in [-0.2, -0.15) is 5.26 Å². The molecule has 0 aliphatic heterocycles. The number of nitriles is 1. The van der Waals surface area contributed by atoms with Gasteiger partial charge in [0.2, 0.25) is 0 Å². The minimum absolute atomic E-state index is 0.159. The van der Waals surface area contributed by atoms with Gasteiger partial charge in [-0.3, -0.25) is 0 Å². The number of rotatable bonds is 2. The van der Waals surface area contributed by atoms with Gasteiger partial charge < -0.3 is 4.74 Å². The summed E-state index contributed by atoms with van der Waals surface area (Å²) in [6, 6.07) is 11.9. The first-order valence-electron chi connectivity index (χ1n) is 5.51. The molecule has 2 atom stereocenters. The molecule has 0 fully saturated rings. The van der Waals surface area contributed by atoms with Gasteiger partial charge in [0.15, 0.2) is 0 Å². The number of hydrogen-bond donors (Lipinski definition) is 0. The van der Waals surface area contributed by atoms with Gasteiger partial charge in [0.25, 0.3) is 0 Å². The molecule has 3 heteroatoms. The molecule has 86 valence electrons. The quantitative estimate of drug-likeness (QED) is 0.729. The smallest absolute Gasteiger partial charge is 0.334 e. The van der Waals surface area contributed by atoms with Crippen LogP contribution in [0, 0.1) is 17.2 Å². The van der Waals surface area contributed by atoms with Gasteiger partial charge in [0.05, 0.1) is 19.1 Å². The van der Waals surface area contributed by atoms with E-state index >= 15 is 0 Å². The second-order valence-electron chi connectivity index (χ2n) is 4.01. The Hall–Kier alpha value is -2.08. The van der Waals surface area contributed by atoms with Crippen LogP contribution < -0.4 is 0 Å². The molecule has 0 N–H and O–H groups in total. The van der Waals surface area contributed by atoms with Crippen LogP contribution in [-0.2, 0) is 9.53 Å². The Morgan fingerprint density at radius 2 is 2.12 bits per heavy atom. The summed E-state index contributed by atoms with van der Waals surface area (Å²) >= 11 is 0. The lowest BCUT2D eigenvalue weighted by Gasteiger charge is -2.17. The summed E-state index contributed by atoms with van der Waals surface area (Å²) in [6.07, 6.45) is 2.43. The summed E-state index contributed by atoms with van der Waals surface area (Å²) in [5.41, 5.74) is 1.60. The van der Waals surface area contributed by atoms with Crippen LogP contribution in [0.4, 0.5) is 0 Å². The van der Waals surface area contributed by atoms with Gasteiger partial charge >= 0.3 is 5.97 Å². The van der Waals surface area contributed by atoms with Gasteiger partial charge in [-0.1, -0.05) is 36.4 Å². The maximum atomic E-state index is 11.7. The summed E-state index contributed by atoms with van der Waals surface area (Å²) in [5, 5.41) is 9.13. The molecule has 0 unspecified atom stereocenters. The number of benzene rings is 1. The predicted octanol–water partition coefficient (Wildman–Crippen LogP) is 2.41. The lowest BCUT2D eigenvalue weighted by molar-refractivity contribution is -0.136. The largest absolute Gasteiger partial charge is 0.466 e. The van der Waals surface area contributed by atoms with Crippen molar-refractivity contribution in [2.75, 3.05) is 7.11 Å². The number of ether oxygens (including phenoxy) is 1. The molecule has 3 nitrogen and oxygen atoms in total. The zero-order valence-corrected chi connectivity index (χ0v) is 9.59. The van der Waals surface area contributed by atoms with Crippen LogP contribution in [0.25, 0.3) is 0 Å². The second-order valence-corrected chi connectivity index (χ2v) is 4.01. The molecular formula is C14H13NO2. The molecule has 0 saturated heterocycles. The van der Waals surface area contributed by atoms with Crippen molar-refractivity contribution in [2.24, 2.45) is 5.92 Å². The Morgan fingerprint density at radius 3 is 2.71 bits per heavy atom. The van der Waals surface area contributed by atoms with Gasteiger partial charge in [0.1, 0.15) is 0 Å². The maximum Gasteiger partial charge on any atom is 0.334 e. The van der Waals surface area contributed by atoms with Crippen LogP contribution in [0.15, 0.2) is 42.0 Å². The Kier molecular flexibility index (Phi) is 3.24. The van der Waals surface area contributed by atoms with E-state index in [9.17, 15) is 4.79 Å². The maximum absolute atomic E-state index is 11.7. The van der Waals surface area contributed by atoms with Crippen molar-refractivity contribution < 1.29 is 9.53 Å². The highest BCUT2D eigenvalue weighted by Crippen LogP contribution is 2.40. The van der Waals surface area contributed by atoms with Gasteiger partial charge in [-0.05, 0) is 12.0 Å². The van der Waals surface area contributed by atoms with Crippen LogP contribution >= 0.6 is 0 Å². The highest BCUT2D eigenvalue weighted by Gasteiger charge is 2.35. The lowest BCUT2D eigenvalue weighted by Crippen LogP contribution is -2.15. The zero-order chi connectivity index (χ0) is 12.3. The van der Waals surface area contributed by atoms with Crippen molar-refractivity contribution in [3.63, 3.8) is 0 Å². The first-order chi connectivity index (χ1) is 8.27. The molecule has 2 rings (SSSR count). The van der Waals surface area contributed by atoms with Crippen LogP contribution in [0.2, 0.25) is 0 Å². The average Bonchev–Trinajstić information content (AvgIpc) is 2.82. The average molecular weight is 227 g/mol. The van der Waals surface area contributed by atoms with Crippen LogP contribution in [0.5, 0.6) is 0 Å². The van der Waals surface area contributed by atoms with Crippen molar-refractivity contribution >= 4 is 5.97 Å². The normalized spacial score (nSPS) is 22.7. The molecule has 0 amide bonds. The summed E-state index contributed by atoms with van der Waals surface area (Å²) in [5.74, 6) is -0.670. The van der Waals surface area contributed by atoms with E-state index in [4.69, 9.17) is 10.00 Å². The minimum atomic E-state index is -0.336. The third-order valence-corrected chi connectivity index (χ3v) is 3.07. The first kappa shape index (κ1) is 11.4. The Labute approximate surface area is 100 Å². The summed E-state index contributed by atoms with van der Waals surface area (Å²) in [7, 11) is 1.37. The van der Waals surface area contributed by atoms with Crippen molar-refractivity contribution in [1.29, 1.82) is 5.26 Å². The van der Waals surface area contributed by atoms with Crippen molar-refractivity contribution in [3.05, 3.63) is 47.5 Å². The van der Waals surface area contributed by atoms with Gasteiger partial charge in [-0.25, -0.2) is 4.79 Å². The third-order valence-electron chi connectivity index (χ3n) is 3.07. The highest BCUT2D eigenvalue weighted by atomic mass is 16.5. The van der Waals surface area contributed by atoms with Crippen LogP contribution in [0.3, 0.4) is 0 Å². The Morgan fingerprint density at radius 1 is 1.41 bits per heavy atom. The molecule has 1 aliphatic rings. The molecule has 0 aromatic heterocycles. The fraction of sp³-hybridized carbons (Fsp3) is 0.286. The molecule has 0 saturated carbocycles. The Balaban J connectivity index is 2.37. The molecule has 1 aliphatic carbocycles. The third kappa shape index (κ3) is 2.07. The summed E-state index contributed by atoms with van der Waals surface area (Å²) in [4.78, 5) is 11.7. The van der Waals surface area contributed by atoms with Crippen LogP contribution in [-0.4, -0.2) is 13.1 Å². The topological polar surface area (TPSA) is 50.1 Å². The van der Waals surface area contributed by atoms with E-state index in [1.807, 2.05) is 36.4 Å². The molecule has 0 heterocycles. The standard InChI is InChI=1S/C14H13NO2/c1-17-14(16)12-8-7-11(9-15)13(12)10-5-3-2-4-6-10/h2-6,8,11,13H,7H2,1H3/t11-,13-/m0/s1. The van der Waals surface area contributed by atoms with Gasteiger partial charge in [-0.15, -0.1) is 0 Å². The van der Waals surface area contributed by atoms with E-state index in [0.717, 1.165) is 5.56 Å². The van der Waals surface area contributed by atoms with E-state index in [1.165, 1.54) is 7.11 Å². The van der Waals surface area contributed by atoms with E-state index < -0.39 is 0 Å². The molecule has 0 radical (unpaired) electrons. The van der Waals surface area contributed by atoms with Crippen molar-refractivity contribution in [1.82, 2.24) is 0 Å². The fourth-order valence-corrected chi connectivity index (χ4v) is 2.26. The molecule has 0 bridgehead atoms. The highest BCUT2D eigenvalue weighted by molar-refractivity contribution is 5.91. The van der Waals surface area contributed by atoms with E-state index in [1.54, 1.807) is 0 Å². The number of carbonyl (C=O) groups is 1. The molecule has 0 spiro atoms. The van der Waals surface area contributed by atoms with E-state index in [0.29, 0.717) is 12.0 Å². The fourth-order valence-electron chi connectivity index (χ4n) is 2.26. The number of methoxy groups -OCH3 is 1. The van der Waals surface area contributed by atoms with E-state index in [2.05, 4.69) is 6.07 Å². The molecule has 17 heavy (non-hydrogen) atoms. The van der Waals surface area contributed by atoms with Gasteiger partial charge in [0, 0.05) is 11.5 Å². The zero-order valence-electron chi connectivity index (χ0n) is 9.59. The lowest BCUT2D eigenvalue weighted by atomic mass is 9.85.